The van der Waals surface area contributed by atoms with Gasteiger partial charge in [-0.2, -0.15) is 0 Å². The monoisotopic (exact) mass is 355 g/mol. The van der Waals surface area contributed by atoms with E-state index in [0.29, 0.717) is 18.7 Å². The Balaban J connectivity index is 1.79. The highest BCUT2D eigenvalue weighted by atomic mass is 79.9. The second-order valence-electron chi connectivity index (χ2n) is 5.49. The Kier molecular flexibility index (Phi) is 4.88. The summed E-state index contributed by atoms with van der Waals surface area (Å²) in [6.45, 7) is 2.74. The molecule has 1 fully saturated rings. The van der Waals surface area contributed by atoms with Gasteiger partial charge < -0.3 is 14.7 Å². The second kappa shape index (κ2) is 6.47. The van der Waals surface area contributed by atoms with Crippen molar-refractivity contribution in [1.82, 2.24) is 4.90 Å². The van der Waals surface area contributed by atoms with Gasteiger partial charge in [0.1, 0.15) is 5.75 Å². The van der Waals surface area contributed by atoms with E-state index in [1.54, 1.807) is 11.8 Å². The summed E-state index contributed by atoms with van der Waals surface area (Å²) in [5.41, 5.74) is -0.819. The molecule has 1 aromatic rings. The summed E-state index contributed by atoms with van der Waals surface area (Å²) in [6.07, 6.45) is 0.753. The molecule has 0 saturated carbocycles. The van der Waals surface area contributed by atoms with Gasteiger partial charge in [0.25, 0.3) is 0 Å². The third kappa shape index (κ3) is 3.97. The lowest BCUT2D eigenvalue weighted by molar-refractivity contribution is -0.147. The first-order valence-electron chi connectivity index (χ1n) is 6.80. The van der Waals surface area contributed by atoms with Crippen LogP contribution in [0.5, 0.6) is 5.75 Å². The van der Waals surface area contributed by atoms with Gasteiger partial charge in [0.15, 0.2) is 0 Å². The molecule has 1 amide bonds. The number of nitrogens with zero attached hydrogens (tertiary/aromatic N) is 1. The Bertz CT molecular complexity index is 548. The average molecular weight is 356 g/mol. The fourth-order valence-electron chi connectivity index (χ4n) is 2.32. The summed E-state index contributed by atoms with van der Waals surface area (Å²) in [5, 5.41) is 9.16. The van der Waals surface area contributed by atoms with E-state index >= 15 is 0 Å². The molecule has 1 heterocycles. The Morgan fingerprint density at radius 3 is 2.86 bits per heavy atom. The Morgan fingerprint density at radius 1 is 1.48 bits per heavy atom. The van der Waals surface area contributed by atoms with E-state index in [9.17, 15) is 9.59 Å². The van der Waals surface area contributed by atoms with Crippen LogP contribution in [-0.2, 0) is 9.59 Å². The van der Waals surface area contributed by atoms with Crippen molar-refractivity contribution in [1.29, 1.82) is 0 Å². The molecule has 0 radical (unpaired) electrons. The number of carbonyl (C=O) groups excluding carboxylic acids is 1. The molecule has 1 aromatic carbocycles. The predicted molar refractivity (Wildman–Crippen MR) is 81.2 cm³/mol. The molecule has 2 rings (SSSR count). The van der Waals surface area contributed by atoms with Gasteiger partial charge in [0.2, 0.25) is 5.91 Å². The molecule has 1 atom stereocenters. The highest BCUT2D eigenvalue weighted by Gasteiger charge is 2.41. The van der Waals surface area contributed by atoms with E-state index in [4.69, 9.17) is 9.84 Å². The van der Waals surface area contributed by atoms with E-state index < -0.39 is 11.4 Å². The third-order valence-electron chi connectivity index (χ3n) is 3.72. The molecule has 6 heteroatoms. The van der Waals surface area contributed by atoms with E-state index in [1.165, 1.54) is 0 Å². The topological polar surface area (TPSA) is 66.8 Å². The number of hydrogen-bond donors (Lipinski definition) is 1. The average Bonchev–Trinajstić information content (AvgIpc) is 2.83. The zero-order valence-corrected chi connectivity index (χ0v) is 13.4. The van der Waals surface area contributed by atoms with Crippen molar-refractivity contribution in [3.63, 3.8) is 0 Å². The summed E-state index contributed by atoms with van der Waals surface area (Å²) in [7, 11) is 0. The van der Waals surface area contributed by atoms with Gasteiger partial charge in [0, 0.05) is 17.6 Å². The van der Waals surface area contributed by atoms with Crippen molar-refractivity contribution in [3.05, 3.63) is 28.7 Å². The normalized spacial score (nSPS) is 21.3. The minimum Gasteiger partial charge on any atom is -0.493 e. The lowest BCUT2D eigenvalue weighted by atomic mass is 9.90. The van der Waals surface area contributed by atoms with Crippen molar-refractivity contribution in [2.75, 3.05) is 19.7 Å². The summed E-state index contributed by atoms with van der Waals surface area (Å²) >= 11 is 3.35. The van der Waals surface area contributed by atoms with Crippen LogP contribution in [0.25, 0.3) is 0 Å². The zero-order chi connectivity index (χ0) is 15.5. The van der Waals surface area contributed by atoms with Crippen LogP contribution in [0, 0.1) is 5.41 Å². The summed E-state index contributed by atoms with van der Waals surface area (Å²) in [5.74, 6) is -0.202. The molecular weight excluding hydrogens is 338 g/mol. The number of carboxylic acids is 1. The highest BCUT2D eigenvalue weighted by Crippen LogP contribution is 2.30. The molecule has 21 heavy (non-hydrogen) atoms. The zero-order valence-electron chi connectivity index (χ0n) is 11.8. The van der Waals surface area contributed by atoms with Gasteiger partial charge in [-0.1, -0.05) is 22.0 Å². The molecule has 0 bridgehead atoms. The minimum atomic E-state index is -0.844. The van der Waals surface area contributed by atoms with Crippen LogP contribution in [-0.4, -0.2) is 41.6 Å². The molecule has 1 aliphatic rings. The lowest BCUT2D eigenvalue weighted by Gasteiger charge is -2.20. The van der Waals surface area contributed by atoms with E-state index in [0.717, 1.165) is 4.47 Å². The van der Waals surface area contributed by atoms with Gasteiger partial charge in [-0.15, -0.1) is 0 Å². The van der Waals surface area contributed by atoms with E-state index in [2.05, 4.69) is 15.9 Å². The maximum Gasteiger partial charge on any atom is 0.311 e. The summed E-state index contributed by atoms with van der Waals surface area (Å²) < 4.78 is 6.44. The van der Waals surface area contributed by atoms with E-state index in [1.807, 2.05) is 24.3 Å². The summed E-state index contributed by atoms with van der Waals surface area (Å²) in [4.78, 5) is 24.8. The molecule has 0 unspecified atom stereocenters. The highest BCUT2D eigenvalue weighted by molar-refractivity contribution is 9.10. The van der Waals surface area contributed by atoms with Crippen LogP contribution in [0.15, 0.2) is 28.7 Å². The Hall–Kier alpha value is -1.56. The van der Waals surface area contributed by atoms with Gasteiger partial charge in [-0.3, -0.25) is 9.59 Å². The van der Waals surface area contributed by atoms with Gasteiger partial charge in [-0.05, 0) is 31.5 Å². The van der Waals surface area contributed by atoms with Crippen molar-refractivity contribution < 1.29 is 19.4 Å². The number of ether oxygens (including phenoxy) is 1. The van der Waals surface area contributed by atoms with Crippen LogP contribution in [0.4, 0.5) is 0 Å². The fourth-order valence-corrected chi connectivity index (χ4v) is 2.70. The standard InChI is InChI=1S/C15H18BrNO4/c1-15(14(19)20)6-7-17(10-15)13(18)5-8-21-12-4-2-3-11(16)9-12/h2-4,9H,5-8,10H2,1H3,(H,19,20)/t15-/m1/s1. The SMILES string of the molecule is C[C@@]1(C(=O)O)CCN(C(=O)CCOc2cccc(Br)c2)C1. The number of rotatable bonds is 5. The molecular formula is C15H18BrNO4. The Labute approximate surface area is 132 Å². The number of hydrogen-bond acceptors (Lipinski definition) is 3. The lowest BCUT2D eigenvalue weighted by Crippen LogP contribution is -2.35. The third-order valence-corrected chi connectivity index (χ3v) is 4.22. The van der Waals surface area contributed by atoms with Crippen molar-refractivity contribution in [2.24, 2.45) is 5.41 Å². The molecule has 5 nitrogen and oxygen atoms in total. The molecule has 1 saturated heterocycles. The predicted octanol–water partition coefficient (Wildman–Crippen LogP) is 2.54. The number of likely N-dealkylation sites (tertiary alicyclic amines) is 1. The van der Waals surface area contributed by atoms with Gasteiger partial charge in [0.05, 0.1) is 18.4 Å². The van der Waals surface area contributed by atoms with Crippen LogP contribution in [0.1, 0.15) is 19.8 Å². The van der Waals surface area contributed by atoms with Crippen molar-refractivity contribution in [2.45, 2.75) is 19.8 Å². The number of benzene rings is 1. The number of amides is 1. The van der Waals surface area contributed by atoms with Gasteiger partial charge >= 0.3 is 5.97 Å². The number of halogens is 1. The number of carboxylic acid groups (broad SMARTS) is 1. The second-order valence-corrected chi connectivity index (χ2v) is 6.40. The molecule has 1 aliphatic heterocycles. The van der Waals surface area contributed by atoms with Crippen LogP contribution < -0.4 is 4.74 Å². The number of carbonyl (C=O) groups is 2. The molecule has 0 spiro atoms. The quantitative estimate of drug-likeness (QED) is 0.881. The largest absolute Gasteiger partial charge is 0.493 e. The van der Waals surface area contributed by atoms with Crippen LogP contribution in [0.3, 0.4) is 0 Å². The smallest absolute Gasteiger partial charge is 0.311 e. The molecule has 114 valence electrons. The van der Waals surface area contributed by atoms with Gasteiger partial charge in [-0.25, -0.2) is 0 Å². The van der Waals surface area contributed by atoms with Crippen molar-refractivity contribution >= 4 is 27.8 Å². The maximum atomic E-state index is 12.1. The minimum absolute atomic E-state index is 0.0602. The number of aliphatic carboxylic acids is 1. The first kappa shape index (κ1) is 15.8. The molecule has 1 N–H and O–H groups in total. The van der Waals surface area contributed by atoms with E-state index in [-0.39, 0.29) is 25.5 Å². The first-order valence-corrected chi connectivity index (χ1v) is 7.59. The summed E-state index contributed by atoms with van der Waals surface area (Å²) in [6, 6.07) is 7.42. The molecule has 0 aliphatic carbocycles. The fraction of sp³-hybridized carbons (Fsp3) is 0.467. The van der Waals surface area contributed by atoms with Crippen LogP contribution in [0.2, 0.25) is 0 Å². The maximum absolute atomic E-state index is 12.1. The van der Waals surface area contributed by atoms with Crippen molar-refractivity contribution in [3.8, 4) is 5.75 Å². The molecule has 0 aromatic heterocycles. The van der Waals surface area contributed by atoms with Crippen LogP contribution >= 0.6 is 15.9 Å². The first-order chi connectivity index (χ1) is 9.90. The Morgan fingerprint density at radius 2 is 2.24 bits per heavy atom.